The van der Waals surface area contributed by atoms with Crippen LogP contribution < -0.4 is 5.32 Å². The molecule has 1 aromatic carbocycles. The van der Waals surface area contributed by atoms with Crippen molar-refractivity contribution in [1.29, 1.82) is 5.26 Å². The van der Waals surface area contributed by atoms with Gasteiger partial charge in [0.25, 0.3) is 0 Å². The molecule has 0 aliphatic heterocycles. The summed E-state index contributed by atoms with van der Waals surface area (Å²) in [5.41, 5.74) is 1.52. The Kier molecular flexibility index (Phi) is 6.17. The molecule has 3 rings (SSSR count). The van der Waals surface area contributed by atoms with E-state index in [1.807, 2.05) is 19.1 Å². The molecule has 1 fully saturated rings. The summed E-state index contributed by atoms with van der Waals surface area (Å²) in [5.74, 6) is 0.552. The predicted octanol–water partition coefficient (Wildman–Crippen LogP) is 3.86. The standard InChI is InChI=1S/C20H25N5OS/c1-3-15-7-9-16(10-8-15)17-22-19(25-24-17)27-14(2)18(26)23-20(13-21)11-5-4-6-12-20/h7-10,14H,3-6,11-12H2,1-2H3,(H,23,26)(H,22,24,25)/t14-/m0/s1. The van der Waals surface area contributed by atoms with Crippen LogP contribution in [0, 0.1) is 11.3 Å². The molecule has 2 aromatic rings. The molecule has 0 spiro atoms. The number of aromatic nitrogens is 3. The van der Waals surface area contributed by atoms with Crippen molar-refractivity contribution in [3.63, 3.8) is 0 Å². The molecule has 27 heavy (non-hydrogen) atoms. The largest absolute Gasteiger partial charge is 0.337 e. The lowest BCUT2D eigenvalue weighted by molar-refractivity contribution is -0.121. The van der Waals surface area contributed by atoms with Crippen molar-refractivity contribution in [3.8, 4) is 17.5 Å². The van der Waals surface area contributed by atoms with Gasteiger partial charge in [-0.05, 0) is 31.7 Å². The van der Waals surface area contributed by atoms with Gasteiger partial charge in [-0.3, -0.25) is 9.89 Å². The minimum Gasteiger partial charge on any atom is -0.337 e. The van der Waals surface area contributed by atoms with Crippen LogP contribution in [0.2, 0.25) is 0 Å². The van der Waals surface area contributed by atoms with Crippen molar-refractivity contribution < 1.29 is 4.79 Å². The molecule has 1 aliphatic carbocycles. The Morgan fingerprint density at radius 2 is 2.04 bits per heavy atom. The summed E-state index contributed by atoms with van der Waals surface area (Å²) in [6.45, 7) is 3.94. The monoisotopic (exact) mass is 383 g/mol. The summed E-state index contributed by atoms with van der Waals surface area (Å²) >= 11 is 1.30. The first-order valence-corrected chi connectivity index (χ1v) is 10.3. The third-order valence-electron chi connectivity index (χ3n) is 5.04. The average molecular weight is 384 g/mol. The first-order chi connectivity index (χ1) is 13.0. The molecule has 0 radical (unpaired) electrons. The smallest absolute Gasteiger partial charge is 0.234 e. The highest BCUT2D eigenvalue weighted by Crippen LogP contribution is 2.29. The normalized spacial score (nSPS) is 17.1. The molecule has 0 saturated heterocycles. The molecule has 6 nitrogen and oxygen atoms in total. The highest BCUT2D eigenvalue weighted by Gasteiger charge is 2.35. The average Bonchev–Trinajstić information content (AvgIpc) is 3.17. The highest BCUT2D eigenvalue weighted by molar-refractivity contribution is 8.00. The molecule has 1 atom stereocenters. The molecule has 0 unspecified atom stereocenters. The van der Waals surface area contributed by atoms with E-state index in [9.17, 15) is 10.1 Å². The van der Waals surface area contributed by atoms with E-state index in [1.54, 1.807) is 0 Å². The van der Waals surface area contributed by atoms with Crippen LogP contribution in [0.4, 0.5) is 0 Å². The Morgan fingerprint density at radius 3 is 2.67 bits per heavy atom. The van der Waals surface area contributed by atoms with Crippen molar-refractivity contribution in [2.75, 3.05) is 0 Å². The van der Waals surface area contributed by atoms with Crippen molar-refractivity contribution in [2.24, 2.45) is 0 Å². The number of benzene rings is 1. The molecule has 0 bridgehead atoms. The van der Waals surface area contributed by atoms with Gasteiger partial charge in [0.2, 0.25) is 11.1 Å². The van der Waals surface area contributed by atoms with Gasteiger partial charge in [-0.2, -0.15) is 5.26 Å². The van der Waals surface area contributed by atoms with Gasteiger partial charge < -0.3 is 5.32 Å². The zero-order chi connectivity index (χ0) is 19.3. The maximum Gasteiger partial charge on any atom is 0.234 e. The number of rotatable bonds is 6. The van der Waals surface area contributed by atoms with Crippen LogP contribution in [0.25, 0.3) is 11.4 Å². The Labute approximate surface area is 164 Å². The second kappa shape index (κ2) is 8.57. The minimum atomic E-state index is -0.713. The zero-order valence-corrected chi connectivity index (χ0v) is 16.6. The van der Waals surface area contributed by atoms with Crippen LogP contribution >= 0.6 is 11.8 Å². The Hall–Kier alpha value is -2.33. The SMILES string of the molecule is CCc1ccc(-c2nc(S[C@@H](C)C(=O)NC3(C#N)CCCCC3)n[nH]2)cc1. The number of thioether (sulfide) groups is 1. The minimum absolute atomic E-state index is 0.137. The topological polar surface area (TPSA) is 94.5 Å². The van der Waals surface area contributed by atoms with Crippen molar-refractivity contribution in [2.45, 2.75) is 68.3 Å². The lowest BCUT2D eigenvalue weighted by Gasteiger charge is -2.32. The van der Waals surface area contributed by atoms with Gasteiger partial charge in [-0.15, -0.1) is 5.10 Å². The third-order valence-corrected chi connectivity index (χ3v) is 6.00. The number of hydrogen-bond acceptors (Lipinski definition) is 5. The maximum absolute atomic E-state index is 12.6. The van der Waals surface area contributed by atoms with Gasteiger partial charge in [0.05, 0.1) is 11.3 Å². The van der Waals surface area contributed by atoms with E-state index >= 15 is 0 Å². The third kappa shape index (κ3) is 4.69. The molecule has 1 aliphatic rings. The number of nitrogens with one attached hydrogen (secondary N) is 2. The lowest BCUT2D eigenvalue weighted by atomic mass is 9.83. The highest BCUT2D eigenvalue weighted by atomic mass is 32.2. The quantitative estimate of drug-likeness (QED) is 0.739. The number of H-pyrrole nitrogens is 1. The van der Waals surface area contributed by atoms with Gasteiger partial charge >= 0.3 is 0 Å². The van der Waals surface area contributed by atoms with Crippen molar-refractivity contribution >= 4 is 17.7 Å². The van der Waals surface area contributed by atoms with Crippen LogP contribution in [0.5, 0.6) is 0 Å². The maximum atomic E-state index is 12.6. The summed E-state index contributed by atoms with van der Waals surface area (Å²) in [6, 6.07) is 10.5. The summed E-state index contributed by atoms with van der Waals surface area (Å²) in [7, 11) is 0. The van der Waals surface area contributed by atoms with Gasteiger partial charge in [0, 0.05) is 5.56 Å². The Balaban J connectivity index is 1.62. The first-order valence-electron chi connectivity index (χ1n) is 9.47. The van der Waals surface area contributed by atoms with Crippen LogP contribution in [0.15, 0.2) is 29.4 Å². The van der Waals surface area contributed by atoms with Gasteiger partial charge in [-0.1, -0.05) is 62.2 Å². The molecule has 1 heterocycles. The van der Waals surface area contributed by atoms with E-state index in [2.05, 4.69) is 45.6 Å². The van der Waals surface area contributed by atoms with Crippen molar-refractivity contribution in [1.82, 2.24) is 20.5 Å². The van der Waals surface area contributed by atoms with Gasteiger partial charge in [0.1, 0.15) is 5.54 Å². The second-order valence-corrected chi connectivity index (χ2v) is 8.33. The van der Waals surface area contributed by atoms with E-state index in [1.165, 1.54) is 17.3 Å². The fraction of sp³-hybridized carbons (Fsp3) is 0.500. The van der Waals surface area contributed by atoms with E-state index in [-0.39, 0.29) is 11.2 Å². The molecular formula is C20H25N5OS. The first kappa shape index (κ1) is 19.4. The van der Waals surface area contributed by atoms with E-state index in [4.69, 9.17) is 0 Å². The van der Waals surface area contributed by atoms with E-state index < -0.39 is 5.54 Å². The van der Waals surface area contributed by atoms with Gasteiger partial charge in [0.15, 0.2) is 5.82 Å². The second-order valence-electron chi connectivity index (χ2n) is 7.02. The fourth-order valence-electron chi connectivity index (χ4n) is 3.30. The number of carbonyl (C=O) groups is 1. The number of nitriles is 1. The van der Waals surface area contributed by atoms with Crippen molar-refractivity contribution in [3.05, 3.63) is 29.8 Å². The van der Waals surface area contributed by atoms with Gasteiger partial charge in [-0.25, -0.2) is 4.98 Å². The number of carbonyl (C=O) groups excluding carboxylic acids is 1. The van der Waals surface area contributed by atoms with Crippen LogP contribution in [0.1, 0.15) is 51.5 Å². The Bertz CT molecular complexity index is 818. The molecule has 7 heteroatoms. The summed E-state index contributed by atoms with van der Waals surface area (Å²) < 4.78 is 0. The predicted molar refractivity (Wildman–Crippen MR) is 106 cm³/mol. The van der Waals surface area contributed by atoms with E-state index in [0.29, 0.717) is 11.0 Å². The molecule has 142 valence electrons. The molecule has 1 amide bonds. The fourth-order valence-corrected chi connectivity index (χ4v) is 4.02. The zero-order valence-electron chi connectivity index (χ0n) is 15.8. The van der Waals surface area contributed by atoms with Crippen LogP contribution in [0.3, 0.4) is 0 Å². The molecular weight excluding hydrogens is 358 g/mol. The molecule has 2 N–H and O–H groups in total. The summed E-state index contributed by atoms with van der Waals surface area (Å²) in [5, 5.41) is 19.8. The number of aryl methyl sites for hydroxylation is 1. The van der Waals surface area contributed by atoms with Crippen LogP contribution in [-0.4, -0.2) is 31.9 Å². The summed E-state index contributed by atoms with van der Waals surface area (Å²) in [4.78, 5) is 17.1. The number of amides is 1. The van der Waals surface area contributed by atoms with E-state index in [0.717, 1.165) is 44.1 Å². The lowest BCUT2D eigenvalue weighted by Crippen LogP contribution is -2.50. The molecule has 1 aromatic heterocycles. The number of hydrogen-bond donors (Lipinski definition) is 2. The summed E-state index contributed by atoms with van der Waals surface area (Å²) in [6.07, 6.45) is 5.54. The van der Waals surface area contributed by atoms with Crippen LogP contribution in [-0.2, 0) is 11.2 Å². The molecule has 1 saturated carbocycles. The number of aromatic amines is 1. The number of nitrogens with zero attached hydrogens (tertiary/aromatic N) is 3. The Morgan fingerprint density at radius 1 is 1.33 bits per heavy atom.